The first kappa shape index (κ1) is 15.0. The molecule has 116 valence electrons. The molecule has 3 aromatic rings. The third-order valence-corrected chi connectivity index (χ3v) is 4.12. The maximum Gasteiger partial charge on any atom is 0.120 e. The van der Waals surface area contributed by atoms with Crippen molar-refractivity contribution >= 4 is 16.6 Å². The van der Waals surface area contributed by atoms with Gasteiger partial charge in [-0.25, -0.2) is 0 Å². The van der Waals surface area contributed by atoms with Crippen LogP contribution in [0.1, 0.15) is 12.5 Å². The third-order valence-electron chi connectivity index (χ3n) is 4.12. The molecule has 0 bridgehead atoms. The van der Waals surface area contributed by atoms with Crippen LogP contribution >= 0.6 is 0 Å². The maximum absolute atomic E-state index is 9.73. The van der Waals surface area contributed by atoms with E-state index in [0.717, 1.165) is 40.1 Å². The second-order valence-corrected chi connectivity index (χ2v) is 5.29. The minimum Gasteiger partial charge on any atom is -0.497 e. The van der Waals surface area contributed by atoms with Crippen LogP contribution in [0.25, 0.3) is 22.2 Å². The number of nitriles is 1. The number of nitrogens with zero attached hydrogens (tertiary/aromatic N) is 2. The summed E-state index contributed by atoms with van der Waals surface area (Å²) in [6, 6.07) is 16.4. The summed E-state index contributed by atoms with van der Waals surface area (Å²) in [6.07, 6.45) is 0. The van der Waals surface area contributed by atoms with Gasteiger partial charge in [0.2, 0.25) is 0 Å². The summed E-state index contributed by atoms with van der Waals surface area (Å²) in [4.78, 5) is 0. The number of nitrogens with one attached hydrogen (secondary N) is 1. The first-order valence-electron chi connectivity index (χ1n) is 7.62. The molecular weight excluding hydrogens is 286 g/mol. The molecular formula is C19H19N3O. The van der Waals surface area contributed by atoms with Crippen molar-refractivity contribution in [2.24, 2.45) is 0 Å². The van der Waals surface area contributed by atoms with Crippen LogP contribution in [0.2, 0.25) is 0 Å². The molecule has 2 aromatic carbocycles. The van der Waals surface area contributed by atoms with Gasteiger partial charge in [0, 0.05) is 36.3 Å². The highest BCUT2D eigenvalue weighted by atomic mass is 16.5. The van der Waals surface area contributed by atoms with Gasteiger partial charge >= 0.3 is 0 Å². The molecule has 23 heavy (non-hydrogen) atoms. The second-order valence-electron chi connectivity index (χ2n) is 5.29. The lowest BCUT2D eigenvalue weighted by molar-refractivity contribution is 0.415. The normalized spacial score (nSPS) is 10.5. The minimum absolute atomic E-state index is 0.706. The van der Waals surface area contributed by atoms with Gasteiger partial charge in [0.15, 0.2) is 0 Å². The minimum atomic E-state index is 0.706. The monoisotopic (exact) mass is 305 g/mol. The summed E-state index contributed by atoms with van der Waals surface area (Å²) < 4.78 is 7.51. The molecule has 0 atom stereocenters. The van der Waals surface area contributed by atoms with Gasteiger partial charge < -0.3 is 14.6 Å². The molecule has 4 nitrogen and oxygen atoms in total. The molecule has 0 aliphatic carbocycles. The van der Waals surface area contributed by atoms with Crippen molar-refractivity contribution in [2.45, 2.75) is 13.5 Å². The Bertz CT molecular complexity index is 903. The van der Waals surface area contributed by atoms with Crippen LogP contribution in [0.15, 0.2) is 42.5 Å². The van der Waals surface area contributed by atoms with E-state index < -0.39 is 0 Å². The van der Waals surface area contributed by atoms with Crippen LogP contribution in [0.3, 0.4) is 0 Å². The lowest BCUT2D eigenvalue weighted by atomic mass is 10.1. The average molecular weight is 305 g/mol. The molecule has 4 heteroatoms. The van der Waals surface area contributed by atoms with Gasteiger partial charge in [-0.05, 0) is 31.2 Å². The summed E-state index contributed by atoms with van der Waals surface area (Å²) in [5, 5.41) is 13.8. The molecule has 0 spiro atoms. The maximum atomic E-state index is 9.73. The lowest BCUT2D eigenvalue weighted by Gasteiger charge is -2.10. The molecule has 0 aliphatic rings. The van der Waals surface area contributed by atoms with Crippen molar-refractivity contribution < 1.29 is 4.74 Å². The van der Waals surface area contributed by atoms with Crippen molar-refractivity contribution in [1.29, 1.82) is 5.26 Å². The van der Waals surface area contributed by atoms with E-state index in [2.05, 4.69) is 28.9 Å². The van der Waals surface area contributed by atoms with Crippen LogP contribution in [-0.4, -0.2) is 18.7 Å². The predicted octanol–water partition coefficient (Wildman–Crippen LogP) is 4.25. The van der Waals surface area contributed by atoms with Crippen molar-refractivity contribution in [3.8, 4) is 23.1 Å². The van der Waals surface area contributed by atoms with Crippen molar-refractivity contribution in [3.05, 3.63) is 48.0 Å². The third kappa shape index (κ3) is 2.40. The molecule has 1 aromatic heterocycles. The SMILES string of the molecule is CCn1c(-c2cccc(NC)c2)c(C#N)c2ccc(OC)cc21. The smallest absolute Gasteiger partial charge is 0.120 e. The van der Waals surface area contributed by atoms with E-state index in [1.54, 1.807) is 7.11 Å². The van der Waals surface area contributed by atoms with E-state index >= 15 is 0 Å². The zero-order chi connectivity index (χ0) is 16.4. The van der Waals surface area contributed by atoms with Crippen molar-refractivity contribution in [1.82, 2.24) is 4.57 Å². The van der Waals surface area contributed by atoms with Gasteiger partial charge in [0.05, 0.1) is 23.9 Å². The van der Waals surface area contributed by atoms with E-state index in [1.807, 2.05) is 43.4 Å². The number of anilines is 1. The summed E-state index contributed by atoms with van der Waals surface area (Å²) in [6.45, 7) is 2.87. The van der Waals surface area contributed by atoms with E-state index in [0.29, 0.717) is 5.56 Å². The van der Waals surface area contributed by atoms with Crippen LogP contribution in [0.4, 0.5) is 5.69 Å². The second kappa shape index (κ2) is 6.05. The van der Waals surface area contributed by atoms with Crippen LogP contribution in [0.5, 0.6) is 5.75 Å². The largest absolute Gasteiger partial charge is 0.497 e. The van der Waals surface area contributed by atoms with Gasteiger partial charge in [0.1, 0.15) is 11.8 Å². The summed E-state index contributed by atoms with van der Waals surface area (Å²) in [5.41, 5.74) is 4.74. The summed E-state index contributed by atoms with van der Waals surface area (Å²) >= 11 is 0. The zero-order valence-electron chi connectivity index (χ0n) is 13.6. The quantitative estimate of drug-likeness (QED) is 0.784. The molecule has 0 amide bonds. The van der Waals surface area contributed by atoms with Crippen LogP contribution < -0.4 is 10.1 Å². The number of ether oxygens (including phenoxy) is 1. The highest BCUT2D eigenvalue weighted by Crippen LogP contribution is 2.35. The predicted molar refractivity (Wildman–Crippen MR) is 93.9 cm³/mol. The Kier molecular flexibility index (Phi) is 3.94. The number of fused-ring (bicyclic) bond motifs is 1. The Hall–Kier alpha value is -2.93. The number of hydrogen-bond donors (Lipinski definition) is 1. The van der Waals surface area contributed by atoms with E-state index in [1.165, 1.54) is 0 Å². The summed E-state index contributed by atoms with van der Waals surface area (Å²) in [5.74, 6) is 0.796. The molecule has 1 N–H and O–H groups in total. The Morgan fingerprint density at radius 1 is 1.22 bits per heavy atom. The molecule has 0 radical (unpaired) electrons. The molecule has 0 saturated carbocycles. The Balaban J connectivity index is 2.37. The molecule has 0 unspecified atom stereocenters. The van der Waals surface area contributed by atoms with Gasteiger partial charge in [-0.2, -0.15) is 5.26 Å². The Labute approximate surface area is 135 Å². The van der Waals surface area contributed by atoms with Gasteiger partial charge in [-0.3, -0.25) is 0 Å². The number of methoxy groups -OCH3 is 1. The Morgan fingerprint density at radius 2 is 2.04 bits per heavy atom. The van der Waals surface area contributed by atoms with Crippen molar-refractivity contribution in [2.75, 3.05) is 19.5 Å². The average Bonchev–Trinajstić information content (AvgIpc) is 2.94. The van der Waals surface area contributed by atoms with E-state index in [4.69, 9.17) is 4.74 Å². The highest BCUT2D eigenvalue weighted by molar-refractivity contribution is 5.95. The number of aryl methyl sites for hydroxylation is 1. The Morgan fingerprint density at radius 3 is 2.70 bits per heavy atom. The summed E-state index contributed by atoms with van der Waals surface area (Å²) in [7, 11) is 3.55. The fourth-order valence-corrected chi connectivity index (χ4v) is 3.02. The molecule has 3 rings (SSSR count). The van der Waals surface area contributed by atoms with E-state index in [-0.39, 0.29) is 0 Å². The molecule has 0 aliphatic heterocycles. The van der Waals surface area contributed by atoms with Crippen LogP contribution in [-0.2, 0) is 6.54 Å². The molecule has 0 saturated heterocycles. The van der Waals surface area contributed by atoms with E-state index in [9.17, 15) is 5.26 Å². The van der Waals surface area contributed by atoms with Crippen molar-refractivity contribution in [3.63, 3.8) is 0 Å². The fourth-order valence-electron chi connectivity index (χ4n) is 3.02. The lowest BCUT2D eigenvalue weighted by Crippen LogP contribution is -1.98. The standard InChI is InChI=1S/C19H19N3O/c1-4-22-18-11-15(23-3)8-9-16(18)17(12-20)19(22)13-6-5-7-14(10-13)21-2/h5-11,21H,4H2,1-3H3. The van der Waals surface area contributed by atoms with Gasteiger partial charge in [-0.1, -0.05) is 12.1 Å². The number of aromatic nitrogens is 1. The highest BCUT2D eigenvalue weighted by Gasteiger charge is 2.18. The molecule has 0 fully saturated rings. The van der Waals surface area contributed by atoms with Gasteiger partial charge in [-0.15, -0.1) is 0 Å². The first-order chi connectivity index (χ1) is 11.2. The van der Waals surface area contributed by atoms with Crippen LogP contribution in [0, 0.1) is 11.3 Å². The number of benzene rings is 2. The topological polar surface area (TPSA) is 50.0 Å². The zero-order valence-corrected chi connectivity index (χ0v) is 13.6. The molecule has 1 heterocycles. The number of rotatable bonds is 4. The number of hydrogen-bond acceptors (Lipinski definition) is 3. The van der Waals surface area contributed by atoms with Gasteiger partial charge in [0.25, 0.3) is 0 Å². The first-order valence-corrected chi connectivity index (χ1v) is 7.62. The fraction of sp³-hybridized carbons (Fsp3) is 0.211.